The molecular formula is C36H27ClF2N4O4. The molecule has 0 spiro atoms. The summed E-state index contributed by atoms with van der Waals surface area (Å²) in [6.45, 7) is 1.73. The van der Waals surface area contributed by atoms with E-state index < -0.39 is 47.1 Å². The van der Waals surface area contributed by atoms with E-state index in [1.807, 2.05) is 12.1 Å². The minimum atomic E-state index is -1.34. The highest BCUT2D eigenvalue weighted by Crippen LogP contribution is 2.35. The zero-order valence-electron chi connectivity index (χ0n) is 25.2. The number of methoxy groups -OCH3 is 1. The molecule has 0 fully saturated rings. The van der Waals surface area contributed by atoms with Gasteiger partial charge in [0, 0.05) is 39.7 Å². The Labute approximate surface area is 274 Å². The molecule has 2 atom stereocenters. The van der Waals surface area contributed by atoms with Gasteiger partial charge in [0.1, 0.15) is 23.2 Å². The first kappa shape index (κ1) is 32.7. The van der Waals surface area contributed by atoms with Crippen LogP contribution in [0.25, 0.3) is 22.0 Å². The van der Waals surface area contributed by atoms with Crippen LogP contribution in [0.4, 0.5) is 8.78 Å². The maximum absolute atomic E-state index is 15.2. The minimum absolute atomic E-state index is 0.108. The number of ether oxygens (including phenoxy) is 1. The van der Waals surface area contributed by atoms with Crippen LogP contribution in [0.2, 0.25) is 5.02 Å². The molecular weight excluding hydrogens is 626 g/mol. The summed E-state index contributed by atoms with van der Waals surface area (Å²) in [5.74, 6) is -5.33. The van der Waals surface area contributed by atoms with E-state index in [9.17, 15) is 19.6 Å². The van der Waals surface area contributed by atoms with Gasteiger partial charge in [-0.05, 0) is 48.4 Å². The lowest BCUT2D eigenvalue weighted by atomic mass is 9.94. The van der Waals surface area contributed by atoms with Crippen LogP contribution < -0.4 is 10.6 Å². The van der Waals surface area contributed by atoms with Crippen LogP contribution in [-0.2, 0) is 16.0 Å². The molecule has 0 bridgehead atoms. The van der Waals surface area contributed by atoms with Crippen LogP contribution in [0.15, 0.2) is 91.1 Å². The van der Waals surface area contributed by atoms with Gasteiger partial charge >= 0.3 is 5.97 Å². The van der Waals surface area contributed by atoms with Crippen molar-refractivity contribution in [2.45, 2.75) is 25.4 Å². The number of nitriles is 1. The zero-order chi connectivity index (χ0) is 33.7. The number of carbonyl (C=O) groups excluding carboxylic acids is 3. The van der Waals surface area contributed by atoms with Crippen LogP contribution in [0.5, 0.6) is 0 Å². The molecule has 8 nitrogen and oxygen atoms in total. The summed E-state index contributed by atoms with van der Waals surface area (Å²) in [5.41, 5.74) is 2.35. The first-order valence-electron chi connectivity index (χ1n) is 14.4. The summed E-state index contributed by atoms with van der Waals surface area (Å²) in [6.07, 6.45) is 1.48. The molecule has 0 radical (unpaired) electrons. The molecule has 0 saturated carbocycles. The lowest BCUT2D eigenvalue weighted by Gasteiger charge is -2.19. The summed E-state index contributed by atoms with van der Waals surface area (Å²) < 4.78 is 35.3. The normalized spacial score (nSPS) is 12.1. The summed E-state index contributed by atoms with van der Waals surface area (Å²) in [6, 6.07) is 22.7. The van der Waals surface area contributed by atoms with Crippen molar-refractivity contribution in [2.75, 3.05) is 7.11 Å². The first-order valence-corrected chi connectivity index (χ1v) is 14.8. The Morgan fingerprint density at radius 2 is 1.62 bits per heavy atom. The Kier molecular flexibility index (Phi) is 9.88. The van der Waals surface area contributed by atoms with Crippen molar-refractivity contribution in [2.24, 2.45) is 0 Å². The number of esters is 1. The second-order valence-electron chi connectivity index (χ2n) is 10.7. The number of hydrogen-bond acceptors (Lipinski definition) is 6. The van der Waals surface area contributed by atoms with Gasteiger partial charge in [-0.25, -0.2) is 13.6 Å². The van der Waals surface area contributed by atoms with Crippen molar-refractivity contribution in [3.8, 4) is 17.2 Å². The average Bonchev–Trinajstić information content (AvgIpc) is 3.07. The van der Waals surface area contributed by atoms with Gasteiger partial charge in [0.15, 0.2) is 0 Å². The quantitative estimate of drug-likeness (QED) is 0.171. The topological polar surface area (TPSA) is 121 Å². The van der Waals surface area contributed by atoms with E-state index in [2.05, 4.69) is 15.6 Å². The predicted octanol–water partition coefficient (Wildman–Crippen LogP) is 6.71. The molecule has 1 aromatic heterocycles. The number of hydrogen-bond donors (Lipinski definition) is 2. The molecule has 0 aliphatic carbocycles. The summed E-state index contributed by atoms with van der Waals surface area (Å²) in [5, 5.41) is 15.2. The van der Waals surface area contributed by atoms with E-state index in [4.69, 9.17) is 16.3 Å². The van der Waals surface area contributed by atoms with Gasteiger partial charge in [-0.1, -0.05) is 66.2 Å². The van der Waals surface area contributed by atoms with Crippen LogP contribution in [-0.4, -0.2) is 35.9 Å². The first-order chi connectivity index (χ1) is 22.6. The van der Waals surface area contributed by atoms with Gasteiger partial charge in [-0.3, -0.25) is 14.6 Å². The Balaban J connectivity index is 1.40. The van der Waals surface area contributed by atoms with Crippen molar-refractivity contribution in [1.82, 2.24) is 15.6 Å². The molecule has 4 aromatic carbocycles. The van der Waals surface area contributed by atoms with E-state index >= 15 is 8.78 Å². The molecule has 5 rings (SSSR count). The number of nitrogens with zero attached hydrogens (tertiary/aromatic N) is 2. The largest absolute Gasteiger partial charge is 0.467 e. The molecule has 47 heavy (non-hydrogen) atoms. The molecule has 0 saturated heterocycles. The van der Waals surface area contributed by atoms with Crippen LogP contribution in [0, 0.1) is 23.0 Å². The SMILES string of the molecule is COC(=O)[C@H](Cc1ccc(-c2ccc(C#N)cc2Cl)c2ncccc12)NC(=O)c1c(F)cc(C(=O)N[C@@H](C)c2ccccc2)cc1F. The fourth-order valence-corrected chi connectivity index (χ4v) is 5.52. The average molecular weight is 653 g/mol. The van der Waals surface area contributed by atoms with E-state index in [0.717, 1.165) is 24.8 Å². The van der Waals surface area contributed by atoms with E-state index in [0.29, 0.717) is 38.2 Å². The zero-order valence-corrected chi connectivity index (χ0v) is 25.9. The minimum Gasteiger partial charge on any atom is -0.467 e. The fourth-order valence-electron chi connectivity index (χ4n) is 5.24. The standard InChI is InChI=1S/C36H27ClF2N4O4/c1-20(22-7-4-3-5-8-22)42-34(44)24-16-29(38)32(30(39)17-24)35(45)43-31(36(46)47-2)18-23-11-13-27(33-25(23)9-6-14-41-33)26-12-10-21(19-40)15-28(26)37/h3-17,20,31H,18H2,1-2H3,(H,42,44)(H,43,45)/t20-,31-/m0/s1. The van der Waals surface area contributed by atoms with Crippen molar-refractivity contribution < 1.29 is 27.9 Å². The number of amides is 2. The number of carbonyl (C=O) groups is 3. The Bertz CT molecular complexity index is 2030. The van der Waals surface area contributed by atoms with Gasteiger partial charge in [-0.2, -0.15) is 5.26 Å². The highest BCUT2D eigenvalue weighted by Gasteiger charge is 2.28. The van der Waals surface area contributed by atoms with E-state index in [1.54, 1.807) is 79.9 Å². The molecule has 2 amide bonds. The molecule has 236 valence electrons. The van der Waals surface area contributed by atoms with Crippen LogP contribution in [0.3, 0.4) is 0 Å². The van der Waals surface area contributed by atoms with Crippen LogP contribution in [0.1, 0.15) is 50.4 Å². The third kappa shape index (κ3) is 7.11. The molecule has 2 N–H and O–H groups in total. The van der Waals surface area contributed by atoms with Crippen LogP contribution >= 0.6 is 11.6 Å². The Morgan fingerprint density at radius 1 is 0.915 bits per heavy atom. The van der Waals surface area contributed by atoms with E-state index in [-0.39, 0.29) is 12.0 Å². The smallest absolute Gasteiger partial charge is 0.328 e. The molecule has 11 heteroatoms. The van der Waals surface area contributed by atoms with Gasteiger partial charge in [0.25, 0.3) is 11.8 Å². The van der Waals surface area contributed by atoms with Crippen molar-refractivity contribution in [3.05, 3.63) is 136 Å². The fraction of sp³-hybridized carbons (Fsp3) is 0.139. The van der Waals surface area contributed by atoms with Gasteiger partial charge in [-0.15, -0.1) is 0 Å². The second-order valence-corrected chi connectivity index (χ2v) is 11.1. The van der Waals surface area contributed by atoms with Crippen molar-refractivity contribution in [3.63, 3.8) is 0 Å². The summed E-state index contributed by atoms with van der Waals surface area (Å²) >= 11 is 6.47. The number of aromatic nitrogens is 1. The van der Waals surface area contributed by atoms with Gasteiger partial charge < -0.3 is 15.4 Å². The monoisotopic (exact) mass is 652 g/mol. The number of nitrogens with one attached hydrogen (secondary N) is 2. The summed E-state index contributed by atoms with van der Waals surface area (Å²) in [7, 11) is 1.13. The maximum atomic E-state index is 15.2. The maximum Gasteiger partial charge on any atom is 0.328 e. The number of pyridine rings is 1. The highest BCUT2D eigenvalue weighted by atomic mass is 35.5. The summed E-state index contributed by atoms with van der Waals surface area (Å²) in [4.78, 5) is 43.3. The Morgan fingerprint density at radius 3 is 2.28 bits per heavy atom. The highest BCUT2D eigenvalue weighted by molar-refractivity contribution is 6.33. The van der Waals surface area contributed by atoms with E-state index in [1.165, 1.54) is 0 Å². The molecule has 5 aromatic rings. The van der Waals surface area contributed by atoms with Crippen molar-refractivity contribution in [1.29, 1.82) is 5.26 Å². The molecule has 0 unspecified atom stereocenters. The lowest BCUT2D eigenvalue weighted by Crippen LogP contribution is -2.43. The second kappa shape index (κ2) is 14.2. The number of fused-ring (bicyclic) bond motifs is 1. The number of rotatable bonds is 9. The third-order valence-corrected chi connectivity index (χ3v) is 7.95. The molecule has 1 heterocycles. The Hall–Kier alpha value is -5.66. The van der Waals surface area contributed by atoms with Gasteiger partial charge in [0.2, 0.25) is 0 Å². The molecule has 0 aliphatic heterocycles. The lowest BCUT2D eigenvalue weighted by molar-refractivity contribution is -0.142. The number of halogens is 3. The molecule has 0 aliphatic rings. The number of benzene rings is 4. The van der Waals surface area contributed by atoms with Gasteiger partial charge in [0.05, 0.1) is 30.3 Å². The predicted molar refractivity (Wildman–Crippen MR) is 173 cm³/mol. The van der Waals surface area contributed by atoms with Crippen molar-refractivity contribution >= 4 is 40.3 Å². The third-order valence-electron chi connectivity index (χ3n) is 7.64.